The van der Waals surface area contributed by atoms with Gasteiger partial charge >= 0.3 is 0 Å². The van der Waals surface area contributed by atoms with Gasteiger partial charge in [0.2, 0.25) is 0 Å². The molecule has 4 heteroatoms. The molecule has 2 aromatic rings. The van der Waals surface area contributed by atoms with Gasteiger partial charge in [0.05, 0.1) is 18.2 Å². The molecule has 0 saturated carbocycles. The van der Waals surface area contributed by atoms with E-state index < -0.39 is 0 Å². The van der Waals surface area contributed by atoms with Crippen molar-refractivity contribution in [3.63, 3.8) is 0 Å². The molecule has 21 heavy (non-hydrogen) atoms. The fraction of sp³-hybridized carbons (Fsp3) is 0.294. The lowest BCUT2D eigenvalue weighted by atomic mass is 10.1. The van der Waals surface area contributed by atoms with Crippen molar-refractivity contribution in [3.8, 4) is 11.5 Å². The van der Waals surface area contributed by atoms with Crippen molar-refractivity contribution < 1.29 is 9.47 Å². The second-order valence-corrected chi connectivity index (χ2v) is 5.52. The van der Waals surface area contributed by atoms with Crippen LogP contribution in [0, 0.1) is 0 Å². The van der Waals surface area contributed by atoms with E-state index in [2.05, 4.69) is 12.1 Å². The van der Waals surface area contributed by atoms with E-state index in [1.54, 1.807) is 0 Å². The van der Waals surface area contributed by atoms with Gasteiger partial charge in [-0.3, -0.25) is 0 Å². The van der Waals surface area contributed by atoms with Crippen LogP contribution in [0.1, 0.15) is 16.7 Å². The van der Waals surface area contributed by atoms with Gasteiger partial charge in [0.1, 0.15) is 11.5 Å². The van der Waals surface area contributed by atoms with Gasteiger partial charge < -0.3 is 15.2 Å². The molecule has 0 atom stereocenters. The van der Waals surface area contributed by atoms with Gasteiger partial charge in [-0.1, -0.05) is 29.8 Å². The lowest BCUT2D eigenvalue weighted by molar-refractivity contribution is 0.322. The van der Waals surface area contributed by atoms with Gasteiger partial charge in [0.25, 0.3) is 0 Å². The number of fused-ring (bicyclic) bond motifs is 1. The number of ether oxygens (including phenoxy) is 2. The highest BCUT2D eigenvalue weighted by Gasteiger charge is 2.12. The Morgan fingerprint density at radius 3 is 2.81 bits per heavy atom. The zero-order chi connectivity index (χ0) is 14.7. The van der Waals surface area contributed by atoms with Gasteiger partial charge in [-0.05, 0) is 34.9 Å². The number of benzene rings is 2. The zero-order valence-corrected chi connectivity index (χ0v) is 12.5. The van der Waals surface area contributed by atoms with E-state index in [0.29, 0.717) is 23.9 Å². The van der Waals surface area contributed by atoms with Crippen molar-refractivity contribution in [1.82, 2.24) is 0 Å². The third-order valence-electron chi connectivity index (χ3n) is 3.63. The summed E-state index contributed by atoms with van der Waals surface area (Å²) in [5.41, 5.74) is 9.13. The summed E-state index contributed by atoms with van der Waals surface area (Å²) in [5, 5.41) is 0.611. The molecule has 0 bridgehead atoms. The minimum absolute atomic E-state index is 0.483. The molecular weight excluding hydrogens is 286 g/mol. The van der Waals surface area contributed by atoms with Crippen LogP contribution in [0.25, 0.3) is 0 Å². The van der Waals surface area contributed by atoms with E-state index in [0.717, 1.165) is 30.8 Å². The summed E-state index contributed by atoms with van der Waals surface area (Å²) in [6.07, 6.45) is 1.85. The first-order valence-corrected chi connectivity index (χ1v) is 7.50. The third kappa shape index (κ3) is 3.31. The highest BCUT2D eigenvalue weighted by atomic mass is 35.5. The molecule has 1 heterocycles. The van der Waals surface area contributed by atoms with E-state index in [9.17, 15) is 0 Å². The highest BCUT2D eigenvalue weighted by molar-refractivity contribution is 6.32. The van der Waals surface area contributed by atoms with Crippen LogP contribution in [0.5, 0.6) is 11.5 Å². The second-order valence-electron chi connectivity index (χ2n) is 5.11. The summed E-state index contributed by atoms with van der Waals surface area (Å²) in [4.78, 5) is 0. The minimum atomic E-state index is 0.483. The highest BCUT2D eigenvalue weighted by Crippen LogP contribution is 2.27. The standard InChI is InChI=1S/C17H18ClNO2/c18-15-10-13(11-19)2-4-17(15)21-7-5-12-1-3-16-14(9-12)6-8-20-16/h1-4,9-10H,5-8,11,19H2. The molecule has 0 saturated heterocycles. The first kappa shape index (κ1) is 14.2. The molecule has 0 spiro atoms. The monoisotopic (exact) mass is 303 g/mol. The summed E-state index contributed by atoms with van der Waals surface area (Å²) in [6, 6.07) is 12.0. The third-order valence-corrected chi connectivity index (χ3v) is 3.93. The van der Waals surface area contributed by atoms with Gasteiger partial charge in [-0.2, -0.15) is 0 Å². The molecule has 0 radical (unpaired) electrons. The maximum atomic E-state index is 6.17. The SMILES string of the molecule is NCc1ccc(OCCc2ccc3c(c2)CCO3)c(Cl)c1. The van der Waals surface area contributed by atoms with Crippen LogP contribution in [0.15, 0.2) is 36.4 Å². The Morgan fingerprint density at radius 1 is 1.14 bits per heavy atom. The second kappa shape index (κ2) is 6.37. The molecule has 2 aromatic carbocycles. The first-order valence-electron chi connectivity index (χ1n) is 7.12. The normalized spacial score (nSPS) is 12.9. The predicted octanol–water partition coefficient (Wildman–Crippen LogP) is 3.36. The average molecular weight is 304 g/mol. The molecule has 1 aliphatic rings. The minimum Gasteiger partial charge on any atom is -0.493 e. The van der Waals surface area contributed by atoms with Crippen LogP contribution in [-0.4, -0.2) is 13.2 Å². The maximum Gasteiger partial charge on any atom is 0.137 e. The van der Waals surface area contributed by atoms with Crippen LogP contribution in [0.4, 0.5) is 0 Å². The number of hydrogen-bond donors (Lipinski definition) is 1. The first-order chi connectivity index (χ1) is 10.3. The average Bonchev–Trinajstić information content (AvgIpc) is 2.96. The van der Waals surface area contributed by atoms with E-state index >= 15 is 0 Å². The Hall–Kier alpha value is -1.71. The number of hydrogen-bond acceptors (Lipinski definition) is 3. The molecule has 0 fully saturated rings. The molecule has 0 aliphatic carbocycles. The van der Waals surface area contributed by atoms with Crippen LogP contribution in [0.3, 0.4) is 0 Å². The van der Waals surface area contributed by atoms with Crippen LogP contribution < -0.4 is 15.2 Å². The summed E-state index contributed by atoms with van der Waals surface area (Å²) in [7, 11) is 0. The van der Waals surface area contributed by atoms with E-state index in [1.807, 2.05) is 24.3 Å². The van der Waals surface area contributed by atoms with Gasteiger partial charge in [0, 0.05) is 19.4 Å². The Morgan fingerprint density at radius 2 is 2.00 bits per heavy atom. The summed E-state index contributed by atoms with van der Waals surface area (Å²) in [6.45, 7) is 1.87. The maximum absolute atomic E-state index is 6.17. The number of rotatable bonds is 5. The predicted molar refractivity (Wildman–Crippen MR) is 84.2 cm³/mol. The Bertz CT molecular complexity index is 643. The Kier molecular flexibility index (Phi) is 4.32. The fourth-order valence-electron chi connectivity index (χ4n) is 2.46. The zero-order valence-electron chi connectivity index (χ0n) is 11.8. The fourth-order valence-corrected chi connectivity index (χ4v) is 2.72. The van der Waals surface area contributed by atoms with Crippen molar-refractivity contribution in [3.05, 3.63) is 58.1 Å². The van der Waals surface area contributed by atoms with Crippen molar-refractivity contribution >= 4 is 11.6 Å². The van der Waals surface area contributed by atoms with Crippen LogP contribution in [-0.2, 0) is 19.4 Å². The van der Waals surface area contributed by atoms with E-state index in [-0.39, 0.29) is 0 Å². The van der Waals surface area contributed by atoms with Gasteiger partial charge in [-0.25, -0.2) is 0 Å². The van der Waals surface area contributed by atoms with E-state index in [1.165, 1.54) is 11.1 Å². The van der Waals surface area contributed by atoms with Crippen molar-refractivity contribution in [1.29, 1.82) is 0 Å². The molecule has 3 rings (SSSR count). The van der Waals surface area contributed by atoms with Gasteiger partial charge in [0.15, 0.2) is 0 Å². The van der Waals surface area contributed by atoms with E-state index in [4.69, 9.17) is 26.8 Å². The Balaban J connectivity index is 1.58. The topological polar surface area (TPSA) is 44.5 Å². The van der Waals surface area contributed by atoms with Crippen molar-refractivity contribution in [2.75, 3.05) is 13.2 Å². The van der Waals surface area contributed by atoms with Crippen LogP contribution >= 0.6 is 11.6 Å². The summed E-state index contributed by atoms with van der Waals surface area (Å²) < 4.78 is 11.3. The largest absolute Gasteiger partial charge is 0.493 e. The smallest absolute Gasteiger partial charge is 0.137 e. The molecule has 110 valence electrons. The molecule has 2 N–H and O–H groups in total. The molecule has 1 aliphatic heterocycles. The quantitative estimate of drug-likeness (QED) is 0.921. The molecule has 3 nitrogen and oxygen atoms in total. The molecule has 0 unspecified atom stereocenters. The van der Waals surface area contributed by atoms with Crippen molar-refractivity contribution in [2.45, 2.75) is 19.4 Å². The summed E-state index contributed by atoms with van der Waals surface area (Å²) in [5.74, 6) is 1.72. The van der Waals surface area contributed by atoms with Crippen LogP contribution in [0.2, 0.25) is 5.02 Å². The number of halogens is 1. The van der Waals surface area contributed by atoms with Gasteiger partial charge in [-0.15, -0.1) is 0 Å². The summed E-state index contributed by atoms with van der Waals surface area (Å²) >= 11 is 6.17. The molecule has 0 amide bonds. The Labute approximate surface area is 129 Å². The van der Waals surface area contributed by atoms with Crippen molar-refractivity contribution in [2.24, 2.45) is 5.73 Å². The number of nitrogens with two attached hydrogens (primary N) is 1. The lowest BCUT2D eigenvalue weighted by Crippen LogP contribution is -2.03. The molecule has 0 aromatic heterocycles. The lowest BCUT2D eigenvalue weighted by Gasteiger charge is -2.09. The molecular formula is C17H18ClNO2.